The summed E-state index contributed by atoms with van der Waals surface area (Å²) in [4.78, 5) is 16.6. The second kappa shape index (κ2) is 9.77. The van der Waals surface area contributed by atoms with Crippen molar-refractivity contribution >= 4 is 5.91 Å². The molecule has 0 spiro atoms. The van der Waals surface area contributed by atoms with Crippen LogP contribution >= 0.6 is 0 Å². The van der Waals surface area contributed by atoms with Crippen LogP contribution in [0.15, 0.2) is 30.3 Å². The number of carbonyl (C=O) groups is 1. The Morgan fingerprint density at radius 1 is 1.33 bits per heavy atom. The van der Waals surface area contributed by atoms with E-state index in [0.29, 0.717) is 19.1 Å². The summed E-state index contributed by atoms with van der Waals surface area (Å²) in [7, 11) is 0. The number of nitrogens with zero attached hydrogens (tertiary/aromatic N) is 2. The Kier molecular flexibility index (Phi) is 7.69. The van der Waals surface area contributed by atoms with E-state index >= 15 is 0 Å². The number of carbonyl (C=O) groups excluding carboxylic acids is 1. The van der Waals surface area contributed by atoms with Crippen molar-refractivity contribution in [3.8, 4) is 0 Å². The fraction of sp³-hybridized carbons (Fsp3) is 0.632. The van der Waals surface area contributed by atoms with Crippen LogP contribution in [-0.2, 0) is 11.2 Å². The summed E-state index contributed by atoms with van der Waals surface area (Å²) in [5.74, 6) is 0.110. The number of aliphatic hydroxyl groups is 1. The lowest BCUT2D eigenvalue weighted by Crippen LogP contribution is -2.55. The largest absolute Gasteiger partial charge is 0.392 e. The average molecular weight is 333 g/mol. The molecule has 134 valence electrons. The van der Waals surface area contributed by atoms with Gasteiger partial charge in [-0.05, 0) is 32.3 Å². The maximum absolute atomic E-state index is 12.1. The number of benzene rings is 1. The van der Waals surface area contributed by atoms with Gasteiger partial charge in [0, 0.05) is 38.8 Å². The van der Waals surface area contributed by atoms with Gasteiger partial charge in [-0.1, -0.05) is 30.3 Å². The summed E-state index contributed by atoms with van der Waals surface area (Å²) in [6, 6.07) is 10.7. The van der Waals surface area contributed by atoms with Gasteiger partial charge in [0.1, 0.15) is 0 Å². The highest BCUT2D eigenvalue weighted by atomic mass is 16.3. The fourth-order valence-electron chi connectivity index (χ4n) is 3.25. The number of aliphatic hydroxyl groups excluding tert-OH is 1. The lowest BCUT2D eigenvalue weighted by molar-refractivity contribution is -0.123. The van der Waals surface area contributed by atoms with Crippen molar-refractivity contribution in [3.05, 3.63) is 35.9 Å². The summed E-state index contributed by atoms with van der Waals surface area (Å²) in [5.41, 5.74) is 1.31. The molecule has 5 heteroatoms. The van der Waals surface area contributed by atoms with E-state index in [-0.39, 0.29) is 12.0 Å². The van der Waals surface area contributed by atoms with Gasteiger partial charge in [0.15, 0.2) is 0 Å². The summed E-state index contributed by atoms with van der Waals surface area (Å²) >= 11 is 0. The number of hydrogen-bond donors (Lipinski definition) is 2. The number of rotatable bonds is 8. The van der Waals surface area contributed by atoms with Crippen molar-refractivity contribution in [2.75, 3.05) is 39.3 Å². The maximum Gasteiger partial charge on any atom is 0.234 e. The second-order valence-electron chi connectivity index (χ2n) is 6.87. The molecular weight excluding hydrogens is 302 g/mol. The van der Waals surface area contributed by atoms with Gasteiger partial charge in [-0.2, -0.15) is 0 Å². The predicted molar refractivity (Wildman–Crippen MR) is 96.9 cm³/mol. The normalized spacial score (nSPS) is 20.7. The van der Waals surface area contributed by atoms with Crippen molar-refractivity contribution in [1.82, 2.24) is 15.1 Å². The molecule has 1 amide bonds. The minimum absolute atomic E-state index is 0.110. The topological polar surface area (TPSA) is 55.8 Å². The molecule has 1 aromatic rings. The Labute approximate surface area is 145 Å². The Bertz CT molecular complexity index is 493. The number of piperazine rings is 1. The zero-order chi connectivity index (χ0) is 17.4. The van der Waals surface area contributed by atoms with Gasteiger partial charge in [-0.15, -0.1) is 0 Å². The van der Waals surface area contributed by atoms with Crippen LogP contribution in [0.1, 0.15) is 25.8 Å². The van der Waals surface area contributed by atoms with E-state index in [1.54, 1.807) is 0 Å². The Hall–Kier alpha value is -1.43. The van der Waals surface area contributed by atoms with Gasteiger partial charge in [-0.3, -0.25) is 14.6 Å². The van der Waals surface area contributed by atoms with Gasteiger partial charge in [0.2, 0.25) is 5.91 Å². The third-order valence-corrected chi connectivity index (χ3v) is 4.52. The molecule has 2 N–H and O–H groups in total. The molecule has 0 aromatic heterocycles. The molecule has 1 aromatic carbocycles. The number of aryl methyl sites for hydroxylation is 1. The molecule has 0 saturated carbocycles. The van der Waals surface area contributed by atoms with Crippen LogP contribution in [0.25, 0.3) is 0 Å². The van der Waals surface area contributed by atoms with Gasteiger partial charge in [0.05, 0.1) is 12.6 Å². The molecule has 1 fully saturated rings. The van der Waals surface area contributed by atoms with E-state index in [1.807, 2.05) is 25.1 Å². The minimum atomic E-state index is -0.299. The van der Waals surface area contributed by atoms with Crippen molar-refractivity contribution in [3.63, 3.8) is 0 Å². The quantitative estimate of drug-likeness (QED) is 0.700. The molecule has 1 heterocycles. The Morgan fingerprint density at radius 3 is 2.75 bits per heavy atom. The fourth-order valence-corrected chi connectivity index (χ4v) is 3.25. The van der Waals surface area contributed by atoms with Crippen molar-refractivity contribution in [1.29, 1.82) is 0 Å². The summed E-state index contributed by atoms with van der Waals surface area (Å²) in [5, 5.41) is 12.5. The number of nitrogens with one attached hydrogen (secondary N) is 1. The first kappa shape index (κ1) is 18.9. The molecule has 0 aliphatic carbocycles. The highest BCUT2D eigenvalue weighted by molar-refractivity contribution is 5.78. The SMILES string of the molecule is C[C@H](O)CN1CCN(CC(=O)NCCCc2ccccc2)C[C@@H]1C. The van der Waals surface area contributed by atoms with Gasteiger partial charge >= 0.3 is 0 Å². The van der Waals surface area contributed by atoms with Crippen molar-refractivity contribution in [2.24, 2.45) is 0 Å². The first-order chi connectivity index (χ1) is 11.5. The van der Waals surface area contributed by atoms with Gasteiger partial charge in [0.25, 0.3) is 0 Å². The highest BCUT2D eigenvalue weighted by Gasteiger charge is 2.25. The molecule has 2 atom stereocenters. The van der Waals surface area contributed by atoms with E-state index in [0.717, 1.165) is 39.0 Å². The summed E-state index contributed by atoms with van der Waals surface area (Å²) in [6.07, 6.45) is 1.66. The second-order valence-corrected chi connectivity index (χ2v) is 6.87. The van der Waals surface area contributed by atoms with Crippen LogP contribution in [0.2, 0.25) is 0 Å². The molecule has 1 aliphatic rings. The highest BCUT2D eigenvalue weighted by Crippen LogP contribution is 2.09. The van der Waals surface area contributed by atoms with Gasteiger partial charge in [-0.25, -0.2) is 0 Å². The predicted octanol–water partition coefficient (Wildman–Crippen LogP) is 1.12. The summed E-state index contributed by atoms with van der Waals surface area (Å²) in [6.45, 7) is 8.56. The number of β-amino-alcohol motifs (C(OH)–C–C–N with tert-alkyl or cyclic N) is 1. The maximum atomic E-state index is 12.1. The van der Waals surface area contributed by atoms with Crippen LogP contribution < -0.4 is 5.32 Å². The van der Waals surface area contributed by atoms with E-state index < -0.39 is 0 Å². The monoisotopic (exact) mass is 333 g/mol. The third-order valence-electron chi connectivity index (χ3n) is 4.52. The van der Waals surface area contributed by atoms with Crippen LogP contribution in [-0.4, -0.2) is 72.2 Å². The molecule has 1 aliphatic heterocycles. The third kappa shape index (κ3) is 6.59. The molecule has 2 rings (SSSR count). The first-order valence-electron chi connectivity index (χ1n) is 8.99. The Balaban J connectivity index is 1.61. The Morgan fingerprint density at radius 2 is 2.08 bits per heavy atom. The number of amides is 1. The first-order valence-corrected chi connectivity index (χ1v) is 8.99. The lowest BCUT2D eigenvalue weighted by Gasteiger charge is -2.40. The van der Waals surface area contributed by atoms with E-state index in [2.05, 4.69) is 34.2 Å². The molecular formula is C19H31N3O2. The van der Waals surface area contributed by atoms with E-state index in [4.69, 9.17) is 0 Å². The molecule has 1 saturated heterocycles. The molecule has 0 radical (unpaired) electrons. The van der Waals surface area contributed by atoms with E-state index in [9.17, 15) is 9.90 Å². The van der Waals surface area contributed by atoms with Gasteiger partial charge < -0.3 is 10.4 Å². The minimum Gasteiger partial charge on any atom is -0.392 e. The zero-order valence-electron chi connectivity index (χ0n) is 14.9. The summed E-state index contributed by atoms with van der Waals surface area (Å²) < 4.78 is 0. The van der Waals surface area contributed by atoms with Crippen molar-refractivity contribution in [2.45, 2.75) is 38.8 Å². The zero-order valence-corrected chi connectivity index (χ0v) is 14.9. The van der Waals surface area contributed by atoms with E-state index in [1.165, 1.54) is 5.56 Å². The van der Waals surface area contributed by atoms with Crippen molar-refractivity contribution < 1.29 is 9.90 Å². The number of hydrogen-bond acceptors (Lipinski definition) is 4. The molecule has 0 unspecified atom stereocenters. The molecule has 5 nitrogen and oxygen atoms in total. The molecule has 24 heavy (non-hydrogen) atoms. The van der Waals surface area contributed by atoms with Crippen LogP contribution in [0.5, 0.6) is 0 Å². The smallest absolute Gasteiger partial charge is 0.234 e. The van der Waals surface area contributed by atoms with Crippen LogP contribution in [0, 0.1) is 0 Å². The van der Waals surface area contributed by atoms with Crippen LogP contribution in [0.4, 0.5) is 0 Å². The average Bonchev–Trinajstić information content (AvgIpc) is 2.55. The lowest BCUT2D eigenvalue weighted by atomic mass is 10.1. The standard InChI is InChI=1S/C19H31N3O2/c1-16-13-21(11-12-22(16)14-17(2)23)15-19(24)20-10-6-9-18-7-4-3-5-8-18/h3-5,7-8,16-17,23H,6,9-15H2,1-2H3,(H,20,24)/t16-,17-/m0/s1. The molecule has 0 bridgehead atoms. The van der Waals surface area contributed by atoms with Crippen LogP contribution in [0.3, 0.4) is 0 Å².